The van der Waals surface area contributed by atoms with Gasteiger partial charge in [-0.3, -0.25) is 0 Å². The molecule has 0 spiro atoms. The molecule has 0 aliphatic carbocycles. The Kier molecular flexibility index (Phi) is 4.31. The Morgan fingerprint density at radius 1 is 1.22 bits per heavy atom. The molecule has 1 N–H and O–H groups in total. The second kappa shape index (κ2) is 6.39. The molecule has 0 aliphatic heterocycles. The van der Waals surface area contributed by atoms with Crippen molar-refractivity contribution in [2.45, 2.75) is 0 Å². The predicted octanol–water partition coefficient (Wildman–Crippen LogP) is 4.42. The molecule has 0 saturated carbocycles. The molecule has 0 aliphatic rings. The van der Waals surface area contributed by atoms with E-state index in [0.717, 1.165) is 0 Å². The Balaban J connectivity index is 2.06. The lowest BCUT2D eigenvalue weighted by molar-refractivity contribution is 0.625. The molecule has 1 heterocycles. The molecule has 1 aromatic heterocycles. The van der Waals surface area contributed by atoms with E-state index in [4.69, 9.17) is 23.8 Å². The summed E-state index contributed by atoms with van der Waals surface area (Å²) in [4.78, 5) is 0. The first-order valence-corrected chi connectivity index (χ1v) is 7.26. The van der Waals surface area contributed by atoms with Crippen LogP contribution < -0.4 is 0 Å². The zero-order chi connectivity index (χ0) is 16.4. The summed E-state index contributed by atoms with van der Waals surface area (Å²) in [7, 11) is 0. The van der Waals surface area contributed by atoms with Crippen LogP contribution in [0.2, 0.25) is 5.02 Å². The summed E-state index contributed by atoms with van der Waals surface area (Å²) >= 11 is 11.0. The first-order valence-electron chi connectivity index (χ1n) is 6.48. The lowest BCUT2D eigenvalue weighted by Gasteiger charge is -2.02. The normalized spacial score (nSPS) is 11.3. The van der Waals surface area contributed by atoms with Crippen molar-refractivity contribution < 1.29 is 8.78 Å². The molecule has 23 heavy (non-hydrogen) atoms. The number of nitrogens with zero attached hydrogens (tertiary/aromatic N) is 3. The van der Waals surface area contributed by atoms with Crippen LogP contribution in [0, 0.1) is 16.4 Å². The van der Waals surface area contributed by atoms with Crippen LogP contribution in [0.3, 0.4) is 0 Å². The third-order valence-corrected chi connectivity index (χ3v) is 3.63. The summed E-state index contributed by atoms with van der Waals surface area (Å²) in [5.74, 6) is -0.620. The van der Waals surface area contributed by atoms with Crippen LogP contribution in [0.4, 0.5) is 8.78 Å². The van der Waals surface area contributed by atoms with Crippen LogP contribution in [-0.4, -0.2) is 21.1 Å². The smallest absolute Gasteiger partial charge is 0.216 e. The third-order valence-electron chi connectivity index (χ3n) is 3.04. The van der Waals surface area contributed by atoms with Crippen molar-refractivity contribution in [2.75, 3.05) is 0 Å². The van der Waals surface area contributed by atoms with Gasteiger partial charge in [0.25, 0.3) is 0 Å². The van der Waals surface area contributed by atoms with Gasteiger partial charge in [0.15, 0.2) is 5.82 Å². The van der Waals surface area contributed by atoms with Crippen molar-refractivity contribution in [1.29, 1.82) is 0 Å². The molecule has 0 unspecified atom stereocenters. The topological polar surface area (TPSA) is 46.0 Å². The Hall–Kier alpha value is -2.38. The van der Waals surface area contributed by atoms with E-state index in [1.807, 2.05) is 0 Å². The minimum absolute atomic E-state index is 0.127. The van der Waals surface area contributed by atoms with Crippen molar-refractivity contribution in [3.8, 4) is 11.4 Å². The van der Waals surface area contributed by atoms with E-state index in [9.17, 15) is 8.78 Å². The largest absolute Gasteiger partial charge is 0.250 e. The number of benzene rings is 2. The van der Waals surface area contributed by atoms with Gasteiger partial charge in [-0.2, -0.15) is 14.9 Å². The fourth-order valence-corrected chi connectivity index (χ4v) is 2.35. The van der Waals surface area contributed by atoms with Gasteiger partial charge < -0.3 is 0 Å². The number of hydrogen-bond acceptors (Lipinski definition) is 3. The summed E-state index contributed by atoms with van der Waals surface area (Å²) in [6, 6.07) is 10.1. The van der Waals surface area contributed by atoms with E-state index in [0.29, 0.717) is 11.4 Å². The van der Waals surface area contributed by atoms with Crippen LogP contribution >= 0.6 is 23.8 Å². The maximum atomic E-state index is 13.8. The van der Waals surface area contributed by atoms with Crippen molar-refractivity contribution in [1.82, 2.24) is 14.9 Å². The number of H-pyrrole nitrogens is 1. The van der Waals surface area contributed by atoms with Crippen molar-refractivity contribution in [3.05, 3.63) is 69.5 Å². The van der Waals surface area contributed by atoms with E-state index in [2.05, 4.69) is 15.3 Å². The van der Waals surface area contributed by atoms with Gasteiger partial charge in [-0.25, -0.2) is 13.9 Å². The highest BCUT2D eigenvalue weighted by molar-refractivity contribution is 7.71. The van der Waals surface area contributed by atoms with Crippen LogP contribution in [-0.2, 0) is 0 Å². The zero-order valence-corrected chi connectivity index (χ0v) is 13.1. The Morgan fingerprint density at radius 3 is 2.74 bits per heavy atom. The van der Waals surface area contributed by atoms with Gasteiger partial charge in [0.05, 0.1) is 11.2 Å². The second-order valence-corrected chi connectivity index (χ2v) is 5.35. The predicted molar refractivity (Wildman–Crippen MR) is 87.2 cm³/mol. The summed E-state index contributed by atoms with van der Waals surface area (Å²) in [5.41, 5.74) is 0.608. The lowest BCUT2D eigenvalue weighted by Crippen LogP contribution is -1.97. The van der Waals surface area contributed by atoms with Gasteiger partial charge in [0.1, 0.15) is 11.6 Å². The van der Waals surface area contributed by atoms with Crippen molar-refractivity contribution >= 4 is 30.0 Å². The monoisotopic (exact) mass is 350 g/mol. The van der Waals surface area contributed by atoms with E-state index in [1.54, 1.807) is 18.2 Å². The van der Waals surface area contributed by atoms with Gasteiger partial charge in [-0.15, -0.1) is 0 Å². The summed E-state index contributed by atoms with van der Waals surface area (Å²) in [6.07, 6.45) is 1.24. The fourth-order valence-electron chi connectivity index (χ4n) is 1.96. The molecule has 8 heteroatoms. The van der Waals surface area contributed by atoms with Crippen molar-refractivity contribution in [2.24, 2.45) is 5.10 Å². The van der Waals surface area contributed by atoms with Gasteiger partial charge in [0, 0.05) is 11.1 Å². The first kappa shape index (κ1) is 15.5. The summed E-state index contributed by atoms with van der Waals surface area (Å²) in [5, 5.41) is 10.9. The van der Waals surface area contributed by atoms with E-state index in [-0.39, 0.29) is 15.4 Å². The molecule has 3 aromatic rings. The van der Waals surface area contributed by atoms with Crippen LogP contribution in [0.5, 0.6) is 0 Å². The van der Waals surface area contributed by atoms with Gasteiger partial charge in [-0.1, -0.05) is 29.8 Å². The van der Waals surface area contributed by atoms with E-state index in [1.165, 1.54) is 35.2 Å². The summed E-state index contributed by atoms with van der Waals surface area (Å²) in [6.45, 7) is 0. The zero-order valence-electron chi connectivity index (χ0n) is 11.5. The minimum atomic E-state index is -0.511. The van der Waals surface area contributed by atoms with Crippen LogP contribution in [0.1, 0.15) is 5.56 Å². The molecule has 0 amide bonds. The Bertz CT molecular complexity index is 928. The average Bonchev–Trinajstić information content (AvgIpc) is 2.88. The highest BCUT2D eigenvalue weighted by atomic mass is 35.5. The highest BCUT2D eigenvalue weighted by Gasteiger charge is 2.10. The number of aromatic nitrogens is 3. The quantitative estimate of drug-likeness (QED) is 0.561. The maximum Gasteiger partial charge on any atom is 0.216 e. The standard InChI is InChI=1S/C15H9ClF2N4S/c16-12-5-2-6-13(18)11(12)8-19-22-14(20-21-15(22)23)9-3-1-4-10(17)7-9/h1-8H,(H,21,23). The molecule has 3 rings (SSSR count). The van der Waals surface area contributed by atoms with E-state index >= 15 is 0 Å². The molecular formula is C15H9ClF2N4S. The lowest BCUT2D eigenvalue weighted by atomic mass is 10.2. The molecule has 0 radical (unpaired) electrons. The summed E-state index contributed by atoms with van der Waals surface area (Å²) < 4.78 is 28.6. The Labute approximate surface area is 140 Å². The average molecular weight is 351 g/mol. The number of rotatable bonds is 3. The van der Waals surface area contributed by atoms with Crippen LogP contribution in [0.25, 0.3) is 11.4 Å². The number of nitrogens with one attached hydrogen (secondary N) is 1. The number of hydrogen-bond donors (Lipinski definition) is 1. The third kappa shape index (κ3) is 3.20. The fraction of sp³-hybridized carbons (Fsp3) is 0. The molecule has 116 valence electrons. The van der Waals surface area contributed by atoms with Gasteiger partial charge in [-0.05, 0) is 36.5 Å². The van der Waals surface area contributed by atoms with Crippen LogP contribution in [0.15, 0.2) is 47.6 Å². The first-order chi connectivity index (χ1) is 11.1. The number of aromatic amines is 1. The van der Waals surface area contributed by atoms with E-state index < -0.39 is 11.6 Å². The molecule has 0 bridgehead atoms. The molecule has 4 nitrogen and oxygen atoms in total. The van der Waals surface area contributed by atoms with Gasteiger partial charge in [0.2, 0.25) is 4.77 Å². The minimum Gasteiger partial charge on any atom is -0.250 e. The molecule has 2 aromatic carbocycles. The SMILES string of the molecule is Fc1cccc(-c2n[nH]c(=S)n2N=Cc2c(F)cccc2Cl)c1. The van der Waals surface area contributed by atoms with Crippen molar-refractivity contribution in [3.63, 3.8) is 0 Å². The number of halogens is 3. The highest BCUT2D eigenvalue weighted by Crippen LogP contribution is 2.20. The second-order valence-electron chi connectivity index (χ2n) is 4.55. The Morgan fingerprint density at radius 2 is 2.00 bits per heavy atom. The van der Waals surface area contributed by atoms with Gasteiger partial charge >= 0.3 is 0 Å². The molecule has 0 atom stereocenters. The molecule has 0 saturated heterocycles. The maximum absolute atomic E-state index is 13.8. The molecule has 0 fully saturated rings. The molecular weight excluding hydrogens is 342 g/mol.